The van der Waals surface area contributed by atoms with E-state index in [-0.39, 0.29) is 5.92 Å². The quantitative estimate of drug-likeness (QED) is 0.877. The summed E-state index contributed by atoms with van der Waals surface area (Å²) in [5.74, 6) is 0.166. The molecule has 1 atom stereocenters. The molecule has 1 aliphatic rings. The van der Waals surface area contributed by atoms with E-state index in [4.69, 9.17) is 5.73 Å². The van der Waals surface area contributed by atoms with Gasteiger partial charge in [-0.2, -0.15) is 0 Å². The number of fused-ring (bicyclic) bond motifs is 1. The van der Waals surface area contributed by atoms with E-state index in [1.54, 1.807) is 11.4 Å². The number of thiophene rings is 1. The fourth-order valence-electron chi connectivity index (χ4n) is 2.70. The third kappa shape index (κ3) is 2.52. The molecule has 0 saturated heterocycles. The van der Waals surface area contributed by atoms with Gasteiger partial charge in [-0.3, -0.25) is 4.31 Å². The Morgan fingerprint density at radius 3 is 2.76 bits per heavy atom. The van der Waals surface area contributed by atoms with Crippen molar-refractivity contribution in [1.29, 1.82) is 0 Å². The summed E-state index contributed by atoms with van der Waals surface area (Å²) in [6.45, 7) is 1.01. The van der Waals surface area contributed by atoms with Gasteiger partial charge in [-0.25, -0.2) is 8.42 Å². The molecular weight excluding hydrogens is 372 g/mol. The molecule has 0 saturated carbocycles. The highest BCUT2D eigenvalue weighted by molar-refractivity contribution is 9.10. The number of sulfonamides is 1. The Labute approximate surface area is 136 Å². The lowest BCUT2D eigenvalue weighted by molar-refractivity contribution is 0.588. The van der Waals surface area contributed by atoms with Gasteiger partial charge in [0.1, 0.15) is 0 Å². The minimum atomic E-state index is -3.53. The van der Waals surface area contributed by atoms with Gasteiger partial charge in [-0.05, 0) is 52.0 Å². The first-order valence-corrected chi connectivity index (χ1v) is 9.71. The van der Waals surface area contributed by atoms with Crippen molar-refractivity contribution in [2.24, 2.45) is 5.73 Å². The summed E-state index contributed by atoms with van der Waals surface area (Å²) in [5.41, 5.74) is 7.51. The Kier molecular flexibility index (Phi) is 4.09. The predicted molar refractivity (Wildman–Crippen MR) is 89.4 cm³/mol. The molecule has 1 aliphatic heterocycles. The third-order valence-corrected chi connectivity index (χ3v) is 8.08. The van der Waals surface area contributed by atoms with Gasteiger partial charge in [-0.1, -0.05) is 18.2 Å². The molecule has 0 aliphatic carbocycles. The molecule has 0 radical (unpaired) electrons. The first-order valence-electron chi connectivity index (χ1n) is 6.60. The molecule has 1 unspecified atom stereocenters. The normalized spacial score (nSPS) is 18.0. The zero-order valence-electron chi connectivity index (χ0n) is 11.2. The van der Waals surface area contributed by atoms with Gasteiger partial charge >= 0.3 is 0 Å². The van der Waals surface area contributed by atoms with Crippen LogP contribution >= 0.6 is 27.3 Å². The minimum Gasteiger partial charge on any atom is -0.330 e. The Hall–Kier alpha value is -0.890. The van der Waals surface area contributed by atoms with Crippen LogP contribution in [-0.2, 0) is 10.0 Å². The van der Waals surface area contributed by atoms with Crippen LogP contribution in [0, 0.1) is 0 Å². The molecule has 0 bridgehead atoms. The van der Waals surface area contributed by atoms with Crippen LogP contribution in [0.15, 0.2) is 44.4 Å². The van der Waals surface area contributed by atoms with Crippen molar-refractivity contribution in [3.63, 3.8) is 0 Å². The fourth-order valence-corrected chi connectivity index (χ4v) is 6.64. The Morgan fingerprint density at radius 2 is 2.10 bits per heavy atom. The molecule has 2 N–H and O–H groups in total. The molecule has 3 rings (SSSR count). The maximum atomic E-state index is 12.9. The van der Waals surface area contributed by atoms with Crippen LogP contribution in [0.1, 0.15) is 17.9 Å². The summed E-state index contributed by atoms with van der Waals surface area (Å²) in [4.78, 5) is 0. The molecular formula is C14H15BrN2O2S2. The first-order chi connectivity index (χ1) is 10.1. The van der Waals surface area contributed by atoms with Crippen molar-refractivity contribution in [2.75, 3.05) is 17.4 Å². The summed E-state index contributed by atoms with van der Waals surface area (Å²) >= 11 is 4.55. The summed E-state index contributed by atoms with van der Waals surface area (Å²) in [5, 5.41) is 1.77. The van der Waals surface area contributed by atoms with Crippen LogP contribution in [0.25, 0.3) is 0 Å². The highest BCUT2D eigenvalue weighted by Crippen LogP contribution is 2.42. The number of hydrogen-bond donors (Lipinski definition) is 1. The lowest BCUT2D eigenvalue weighted by Crippen LogP contribution is -2.30. The van der Waals surface area contributed by atoms with Crippen molar-refractivity contribution >= 4 is 43.0 Å². The van der Waals surface area contributed by atoms with Crippen molar-refractivity contribution in [1.82, 2.24) is 0 Å². The maximum absolute atomic E-state index is 12.9. The number of para-hydroxylation sites is 1. The predicted octanol–water partition coefficient (Wildman–Crippen LogP) is 3.15. The molecule has 1 aromatic heterocycles. The van der Waals surface area contributed by atoms with Crippen LogP contribution in [-0.4, -0.2) is 21.5 Å². The van der Waals surface area contributed by atoms with Crippen molar-refractivity contribution in [3.05, 3.63) is 45.7 Å². The average molecular weight is 387 g/mol. The Morgan fingerprint density at radius 1 is 1.33 bits per heavy atom. The molecule has 0 spiro atoms. The van der Waals surface area contributed by atoms with Gasteiger partial charge in [0.2, 0.25) is 0 Å². The fraction of sp³-hybridized carbons (Fsp3) is 0.286. The summed E-state index contributed by atoms with van der Waals surface area (Å²) in [6.07, 6.45) is 0.786. The molecule has 2 aromatic rings. The molecule has 21 heavy (non-hydrogen) atoms. The second-order valence-corrected chi connectivity index (χ2v) is 8.75. The second kappa shape index (κ2) is 5.72. The van der Waals surface area contributed by atoms with E-state index in [0.29, 0.717) is 21.8 Å². The molecule has 7 heteroatoms. The van der Waals surface area contributed by atoms with Crippen LogP contribution in [0.3, 0.4) is 0 Å². The monoisotopic (exact) mass is 386 g/mol. The Balaban J connectivity index is 2.07. The van der Waals surface area contributed by atoms with Gasteiger partial charge in [-0.15, -0.1) is 11.3 Å². The standard InChI is InChI=1S/C14H15BrN2O2S2/c15-12-6-8-20-14(12)21(18,19)17-9-10(5-7-16)11-3-1-2-4-13(11)17/h1-4,6,8,10H,5,7,9,16H2. The van der Waals surface area contributed by atoms with Gasteiger partial charge < -0.3 is 5.73 Å². The molecule has 0 amide bonds. The zero-order valence-corrected chi connectivity index (χ0v) is 14.4. The van der Waals surface area contributed by atoms with Gasteiger partial charge in [0.05, 0.1) is 5.69 Å². The largest absolute Gasteiger partial charge is 0.330 e. The van der Waals surface area contributed by atoms with Crippen LogP contribution in [0.5, 0.6) is 0 Å². The number of nitrogens with two attached hydrogens (primary N) is 1. The number of benzene rings is 1. The average Bonchev–Trinajstić information content (AvgIpc) is 3.05. The second-order valence-electron chi connectivity index (χ2n) is 4.93. The first kappa shape index (κ1) is 15.0. The number of halogens is 1. The number of anilines is 1. The smallest absolute Gasteiger partial charge is 0.274 e. The van der Waals surface area contributed by atoms with E-state index >= 15 is 0 Å². The van der Waals surface area contributed by atoms with Gasteiger partial charge in [0, 0.05) is 16.9 Å². The highest BCUT2D eigenvalue weighted by atomic mass is 79.9. The maximum Gasteiger partial charge on any atom is 0.274 e. The van der Waals surface area contributed by atoms with Crippen LogP contribution in [0.2, 0.25) is 0 Å². The zero-order chi connectivity index (χ0) is 15.0. The van der Waals surface area contributed by atoms with Crippen LogP contribution in [0.4, 0.5) is 5.69 Å². The van der Waals surface area contributed by atoms with E-state index in [9.17, 15) is 8.42 Å². The molecule has 2 heterocycles. The SMILES string of the molecule is NCCC1CN(S(=O)(=O)c2sccc2Br)c2ccccc21. The summed E-state index contributed by atoms with van der Waals surface area (Å²) in [7, 11) is -3.53. The van der Waals surface area contributed by atoms with E-state index < -0.39 is 10.0 Å². The number of hydrogen-bond acceptors (Lipinski definition) is 4. The highest BCUT2D eigenvalue weighted by Gasteiger charge is 2.37. The topological polar surface area (TPSA) is 63.4 Å². The van der Waals surface area contributed by atoms with E-state index in [0.717, 1.165) is 17.7 Å². The Bertz CT molecular complexity index is 758. The summed E-state index contributed by atoms with van der Waals surface area (Å²) < 4.78 is 28.3. The lowest BCUT2D eigenvalue weighted by Gasteiger charge is -2.19. The summed E-state index contributed by atoms with van der Waals surface area (Å²) in [6, 6.07) is 9.44. The van der Waals surface area contributed by atoms with E-state index in [2.05, 4.69) is 15.9 Å². The molecule has 0 fully saturated rings. The lowest BCUT2D eigenvalue weighted by atomic mass is 9.98. The van der Waals surface area contributed by atoms with Crippen LogP contribution < -0.4 is 10.0 Å². The number of nitrogens with zero attached hydrogens (tertiary/aromatic N) is 1. The molecule has 4 nitrogen and oxygen atoms in total. The molecule has 112 valence electrons. The van der Waals surface area contributed by atoms with Gasteiger partial charge in [0.15, 0.2) is 4.21 Å². The molecule has 1 aromatic carbocycles. The third-order valence-electron chi connectivity index (χ3n) is 3.66. The minimum absolute atomic E-state index is 0.166. The van der Waals surface area contributed by atoms with E-state index in [1.807, 2.05) is 24.3 Å². The van der Waals surface area contributed by atoms with Crippen molar-refractivity contribution in [3.8, 4) is 0 Å². The van der Waals surface area contributed by atoms with E-state index in [1.165, 1.54) is 15.6 Å². The van der Waals surface area contributed by atoms with Crippen molar-refractivity contribution in [2.45, 2.75) is 16.5 Å². The van der Waals surface area contributed by atoms with Gasteiger partial charge in [0.25, 0.3) is 10.0 Å². The number of rotatable bonds is 4. The van der Waals surface area contributed by atoms with Crippen molar-refractivity contribution < 1.29 is 8.42 Å².